The van der Waals surface area contributed by atoms with Crippen LogP contribution < -0.4 is 5.32 Å². The summed E-state index contributed by atoms with van der Waals surface area (Å²) < 4.78 is 15.6. The van der Waals surface area contributed by atoms with E-state index in [0.29, 0.717) is 15.2 Å². The van der Waals surface area contributed by atoms with Crippen molar-refractivity contribution in [2.45, 2.75) is 6.42 Å². The summed E-state index contributed by atoms with van der Waals surface area (Å²) in [6.45, 7) is 0. The van der Waals surface area contributed by atoms with Crippen molar-refractivity contribution >= 4 is 38.3 Å². The molecule has 0 unspecified atom stereocenters. The van der Waals surface area contributed by atoms with Crippen LogP contribution >= 0.6 is 27.3 Å². The fourth-order valence-electron chi connectivity index (χ4n) is 2.90. The van der Waals surface area contributed by atoms with Crippen LogP contribution in [0.25, 0.3) is 22.0 Å². The number of carbonyl (C=O) groups excluding carboxylic acids is 1. The first-order valence-corrected chi connectivity index (χ1v) is 10.4. The van der Waals surface area contributed by atoms with Gasteiger partial charge in [0, 0.05) is 25.0 Å². The van der Waals surface area contributed by atoms with E-state index >= 15 is 0 Å². The van der Waals surface area contributed by atoms with E-state index < -0.39 is 0 Å². The number of aromatic nitrogens is 3. The summed E-state index contributed by atoms with van der Waals surface area (Å²) in [4.78, 5) is 22.5. The van der Waals surface area contributed by atoms with Gasteiger partial charge in [0.15, 0.2) is 11.0 Å². The zero-order valence-electron chi connectivity index (χ0n) is 15.4. The van der Waals surface area contributed by atoms with E-state index in [1.807, 2.05) is 48.1 Å². The zero-order chi connectivity index (χ0) is 20.4. The van der Waals surface area contributed by atoms with Crippen LogP contribution in [0.1, 0.15) is 5.56 Å². The van der Waals surface area contributed by atoms with Gasteiger partial charge in [-0.15, -0.1) is 0 Å². The summed E-state index contributed by atoms with van der Waals surface area (Å²) >= 11 is 4.52. The van der Waals surface area contributed by atoms with Gasteiger partial charge in [0.2, 0.25) is 5.91 Å². The molecule has 146 valence electrons. The summed E-state index contributed by atoms with van der Waals surface area (Å²) in [7, 11) is 1.92. The lowest BCUT2D eigenvalue weighted by atomic mass is 10.1. The minimum atomic E-state index is -0.360. The fraction of sp³-hybridized carbons (Fsp3) is 0.0952. The van der Waals surface area contributed by atoms with Crippen molar-refractivity contribution in [3.05, 3.63) is 76.8 Å². The third kappa shape index (κ3) is 4.28. The number of thiazole rings is 1. The van der Waals surface area contributed by atoms with Gasteiger partial charge in [0.25, 0.3) is 0 Å². The highest BCUT2D eigenvalue weighted by atomic mass is 79.9. The zero-order valence-corrected chi connectivity index (χ0v) is 17.8. The maximum Gasteiger partial charge on any atom is 0.230 e. The Bertz CT molecular complexity index is 1170. The molecule has 1 N–H and O–H groups in total. The Hall–Kier alpha value is -2.84. The van der Waals surface area contributed by atoms with Gasteiger partial charge in [-0.3, -0.25) is 4.79 Å². The first-order valence-electron chi connectivity index (χ1n) is 8.79. The molecule has 4 rings (SSSR count). The van der Waals surface area contributed by atoms with Gasteiger partial charge in [-0.2, -0.15) is 0 Å². The van der Waals surface area contributed by atoms with Gasteiger partial charge in [-0.05, 0) is 33.6 Å². The SMILES string of the molecule is Cn1ccnc1-c1sc(NC(=O)Cc2ccc(F)c(Br)c2)nc1-c1ccccc1. The second-order valence-electron chi connectivity index (χ2n) is 6.40. The third-order valence-electron chi connectivity index (χ3n) is 4.29. The molecule has 0 atom stereocenters. The minimum absolute atomic E-state index is 0.122. The van der Waals surface area contributed by atoms with E-state index in [9.17, 15) is 9.18 Å². The highest BCUT2D eigenvalue weighted by molar-refractivity contribution is 9.10. The van der Waals surface area contributed by atoms with Gasteiger partial charge in [-0.25, -0.2) is 14.4 Å². The molecular weight excluding hydrogens is 455 g/mol. The molecule has 0 aliphatic rings. The number of anilines is 1. The highest BCUT2D eigenvalue weighted by Gasteiger charge is 2.19. The van der Waals surface area contributed by atoms with Crippen molar-refractivity contribution < 1.29 is 9.18 Å². The molecule has 2 aromatic carbocycles. The molecule has 0 fully saturated rings. The van der Waals surface area contributed by atoms with Crippen molar-refractivity contribution in [2.75, 3.05) is 5.32 Å². The molecule has 1 amide bonds. The van der Waals surface area contributed by atoms with Crippen LogP contribution in [-0.2, 0) is 18.3 Å². The number of amides is 1. The fourth-order valence-corrected chi connectivity index (χ4v) is 4.37. The average Bonchev–Trinajstić information content (AvgIpc) is 3.31. The Balaban J connectivity index is 1.62. The lowest BCUT2D eigenvalue weighted by Crippen LogP contribution is -2.14. The number of carbonyl (C=O) groups is 1. The maximum absolute atomic E-state index is 13.4. The Labute approximate surface area is 179 Å². The number of halogens is 2. The van der Waals surface area contributed by atoms with Crippen molar-refractivity contribution in [3.8, 4) is 22.0 Å². The molecule has 0 spiro atoms. The molecule has 2 aromatic heterocycles. The van der Waals surface area contributed by atoms with E-state index in [2.05, 4.69) is 31.2 Å². The summed E-state index contributed by atoms with van der Waals surface area (Å²) in [5.41, 5.74) is 2.43. The summed E-state index contributed by atoms with van der Waals surface area (Å²) in [5.74, 6) is 0.203. The predicted octanol–water partition coefficient (Wildman–Crippen LogP) is 5.29. The van der Waals surface area contributed by atoms with Crippen molar-refractivity contribution in [1.29, 1.82) is 0 Å². The largest absolute Gasteiger partial charge is 0.333 e. The average molecular weight is 471 g/mol. The number of benzene rings is 2. The Morgan fingerprint density at radius 1 is 1.24 bits per heavy atom. The van der Waals surface area contributed by atoms with Crippen molar-refractivity contribution in [3.63, 3.8) is 0 Å². The number of hydrogen-bond acceptors (Lipinski definition) is 4. The standard InChI is InChI=1S/C21H16BrFN4OS/c1-27-10-9-24-20(27)19-18(14-5-3-2-4-6-14)26-21(29-19)25-17(28)12-13-7-8-16(23)15(22)11-13/h2-11H,12H2,1H3,(H,25,26,28). The molecule has 0 radical (unpaired) electrons. The normalized spacial score (nSPS) is 10.9. The third-order valence-corrected chi connectivity index (χ3v) is 5.87. The molecule has 2 heterocycles. The first-order chi connectivity index (χ1) is 14.0. The Morgan fingerprint density at radius 3 is 2.72 bits per heavy atom. The number of aryl methyl sites for hydroxylation is 1. The smallest absolute Gasteiger partial charge is 0.230 e. The summed E-state index contributed by atoms with van der Waals surface area (Å²) in [6, 6.07) is 14.3. The topological polar surface area (TPSA) is 59.8 Å². The van der Waals surface area contributed by atoms with Gasteiger partial charge in [0.1, 0.15) is 5.82 Å². The van der Waals surface area contributed by atoms with Crippen molar-refractivity contribution in [1.82, 2.24) is 14.5 Å². The molecule has 0 aliphatic heterocycles. The van der Waals surface area contributed by atoms with Crippen LogP contribution in [0.3, 0.4) is 0 Å². The van der Waals surface area contributed by atoms with Gasteiger partial charge >= 0.3 is 0 Å². The lowest BCUT2D eigenvalue weighted by Gasteiger charge is -2.03. The second-order valence-corrected chi connectivity index (χ2v) is 8.25. The molecule has 0 bridgehead atoms. The quantitative estimate of drug-likeness (QED) is 0.430. The van der Waals surface area contributed by atoms with E-state index in [4.69, 9.17) is 0 Å². The van der Waals surface area contributed by atoms with E-state index in [0.717, 1.165) is 22.0 Å². The minimum Gasteiger partial charge on any atom is -0.333 e. The number of imidazole rings is 1. The molecule has 8 heteroatoms. The molecular formula is C21H16BrFN4OS. The highest BCUT2D eigenvalue weighted by Crippen LogP contribution is 2.38. The van der Waals surface area contributed by atoms with E-state index in [1.165, 1.54) is 17.4 Å². The van der Waals surface area contributed by atoms with Crippen LogP contribution in [0.5, 0.6) is 0 Å². The lowest BCUT2D eigenvalue weighted by molar-refractivity contribution is -0.115. The molecule has 0 aliphatic carbocycles. The Kier molecular flexibility index (Phi) is 5.55. The van der Waals surface area contributed by atoms with Crippen LogP contribution in [0.4, 0.5) is 9.52 Å². The molecule has 0 saturated heterocycles. The molecule has 5 nitrogen and oxygen atoms in total. The number of hydrogen-bond donors (Lipinski definition) is 1. The molecule has 29 heavy (non-hydrogen) atoms. The number of rotatable bonds is 5. The maximum atomic E-state index is 13.4. The first kappa shape index (κ1) is 19.5. The van der Waals surface area contributed by atoms with Crippen LogP contribution in [0.2, 0.25) is 0 Å². The monoisotopic (exact) mass is 470 g/mol. The summed E-state index contributed by atoms with van der Waals surface area (Å²) in [5, 5.41) is 3.35. The summed E-state index contributed by atoms with van der Waals surface area (Å²) in [6.07, 6.45) is 3.72. The molecule has 0 saturated carbocycles. The number of nitrogens with one attached hydrogen (secondary N) is 1. The second kappa shape index (κ2) is 8.26. The van der Waals surface area contributed by atoms with Gasteiger partial charge < -0.3 is 9.88 Å². The van der Waals surface area contributed by atoms with Gasteiger partial charge in [-0.1, -0.05) is 47.7 Å². The Morgan fingerprint density at radius 2 is 2.03 bits per heavy atom. The van der Waals surface area contributed by atoms with Crippen LogP contribution in [-0.4, -0.2) is 20.4 Å². The number of nitrogens with zero attached hydrogens (tertiary/aromatic N) is 3. The van der Waals surface area contributed by atoms with E-state index in [1.54, 1.807) is 18.3 Å². The van der Waals surface area contributed by atoms with E-state index in [-0.39, 0.29) is 18.1 Å². The van der Waals surface area contributed by atoms with Gasteiger partial charge in [0.05, 0.1) is 21.5 Å². The van der Waals surface area contributed by atoms with Crippen molar-refractivity contribution in [2.24, 2.45) is 7.05 Å². The predicted molar refractivity (Wildman–Crippen MR) is 116 cm³/mol. The van der Waals surface area contributed by atoms with Crippen LogP contribution in [0.15, 0.2) is 65.4 Å². The molecule has 4 aromatic rings. The van der Waals surface area contributed by atoms with Crippen LogP contribution in [0, 0.1) is 5.82 Å².